The molecule has 0 heterocycles. The van der Waals surface area contributed by atoms with Crippen LogP contribution in [0.25, 0.3) is 0 Å². The van der Waals surface area contributed by atoms with E-state index in [4.69, 9.17) is 10.5 Å². The molecule has 0 saturated heterocycles. The van der Waals surface area contributed by atoms with Crippen molar-refractivity contribution < 1.29 is 4.74 Å². The molecule has 1 atom stereocenters. The van der Waals surface area contributed by atoms with Gasteiger partial charge in [0.15, 0.2) is 0 Å². The van der Waals surface area contributed by atoms with Crippen LogP contribution in [0.2, 0.25) is 0 Å². The minimum Gasteiger partial charge on any atom is -0.494 e. The molecule has 0 aliphatic heterocycles. The average Bonchev–Trinajstić information content (AvgIpc) is 2.18. The minimum absolute atomic E-state index is 0.150. The summed E-state index contributed by atoms with van der Waals surface area (Å²) in [6, 6.07) is 7.60. The minimum atomic E-state index is -0.150. The Morgan fingerprint density at radius 1 is 1.54 bits per heavy atom. The van der Waals surface area contributed by atoms with Crippen molar-refractivity contribution in [2.24, 2.45) is 5.73 Å². The highest BCUT2D eigenvalue weighted by atomic mass is 16.5. The third-order valence-electron chi connectivity index (χ3n) is 1.83. The maximum absolute atomic E-state index is 5.83. The van der Waals surface area contributed by atoms with Gasteiger partial charge in [0.1, 0.15) is 5.75 Å². The molecule has 0 bridgehead atoms. The van der Waals surface area contributed by atoms with Crippen molar-refractivity contribution in [2.75, 3.05) is 6.61 Å². The smallest absolute Gasteiger partial charge is 0.124 e. The molecule has 1 rings (SSSR count). The van der Waals surface area contributed by atoms with E-state index in [1.54, 1.807) is 6.08 Å². The first-order valence-electron chi connectivity index (χ1n) is 4.39. The lowest BCUT2D eigenvalue weighted by atomic mass is 10.1. The highest BCUT2D eigenvalue weighted by Gasteiger charge is 2.06. The van der Waals surface area contributed by atoms with Crippen LogP contribution in [0.3, 0.4) is 0 Å². The molecular weight excluding hydrogens is 162 g/mol. The van der Waals surface area contributed by atoms with Gasteiger partial charge in [-0.25, -0.2) is 0 Å². The van der Waals surface area contributed by atoms with Crippen molar-refractivity contribution in [1.29, 1.82) is 0 Å². The molecule has 0 aliphatic carbocycles. The van der Waals surface area contributed by atoms with Crippen LogP contribution in [0.5, 0.6) is 5.75 Å². The second-order valence-corrected chi connectivity index (χ2v) is 2.73. The summed E-state index contributed by atoms with van der Waals surface area (Å²) in [5.74, 6) is 0.845. The lowest BCUT2D eigenvalue weighted by Gasteiger charge is -2.12. The number of benzene rings is 1. The number of hydrogen-bond donors (Lipinski definition) is 1. The van der Waals surface area contributed by atoms with Crippen LogP contribution >= 0.6 is 0 Å². The largest absolute Gasteiger partial charge is 0.494 e. The van der Waals surface area contributed by atoms with E-state index < -0.39 is 0 Å². The Bertz CT molecular complexity index is 283. The molecule has 0 aliphatic rings. The predicted molar refractivity (Wildman–Crippen MR) is 54.7 cm³/mol. The highest BCUT2D eigenvalue weighted by molar-refractivity contribution is 5.37. The Labute approximate surface area is 79.0 Å². The standard InChI is InChI=1S/C11H15NO/c1-3-10(12)9-7-5-6-8-11(9)13-4-2/h3,5-8,10H,1,4,12H2,2H3/t10-/m0/s1. The van der Waals surface area contributed by atoms with Crippen LogP contribution in [-0.4, -0.2) is 6.61 Å². The second kappa shape index (κ2) is 4.67. The molecule has 2 N–H and O–H groups in total. The van der Waals surface area contributed by atoms with E-state index in [1.165, 1.54) is 0 Å². The Hall–Kier alpha value is -1.28. The van der Waals surface area contributed by atoms with Gasteiger partial charge in [-0.2, -0.15) is 0 Å². The Morgan fingerprint density at radius 2 is 2.23 bits per heavy atom. The van der Waals surface area contributed by atoms with Gasteiger partial charge in [-0.3, -0.25) is 0 Å². The van der Waals surface area contributed by atoms with Gasteiger partial charge < -0.3 is 10.5 Å². The summed E-state index contributed by atoms with van der Waals surface area (Å²) >= 11 is 0. The molecule has 0 aromatic heterocycles. The maximum Gasteiger partial charge on any atom is 0.124 e. The van der Waals surface area contributed by atoms with Crippen LogP contribution in [-0.2, 0) is 0 Å². The zero-order chi connectivity index (χ0) is 9.68. The van der Waals surface area contributed by atoms with Gasteiger partial charge in [0.2, 0.25) is 0 Å². The fraction of sp³-hybridized carbons (Fsp3) is 0.273. The van der Waals surface area contributed by atoms with Crippen LogP contribution in [0.1, 0.15) is 18.5 Å². The molecule has 2 heteroatoms. The van der Waals surface area contributed by atoms with Crippen molar-refractivity contribution in [2.45, 2.75) is 13.0 Å². The molecule has 1 aromatic carbocycles. The van der Waals surface area contributed by atoms with E-state index in [-0.39, 0.29) is 6.04 Å². The number of nitrogens with two attached hydrogens (primary N) is 1. The van der Waals surface area contributed by atoms with Crippen molar-refractivity contribution >= 4 is 0 Å². The lowest BCUT2D eigenvalue weighted by molar-refractivity contribution is 0.335. The van der Waals surface area contributed by atoms with Gasteiger partial charge in [0, 0.05) is 5.56 Å². The van der Waals surface area contributed by atoms with Crippen LogP contribution in [0, 0.1) is 0 Å². The Kier molecular flexibility index (Phi) is 3.53. The van der Waals surface area contributed by atoms with Gasteiger partial charge in [-0.1, -0.05) is 24.3 Å². The number of rotatable bonds is 4. The summed E-state index contributed by atoms with van der Waals surface area (Å²) in [4.78, 5) is 0. The fourth-order valence-electron chi connectivity index (χ4n) is 1.17. The first-order chi connectivity index (χ1) is 6.29. The molecule has 1 aromatic rings. The Balaban J connectivity index is 2.96. The third kappa shape index (κ3) is 2.33. The van der Waals surface area contributed by atoms with Crippen molar-refractivity contribution in [3.8, 4) is 5.75 Å². The SMILES string of the molecule is C=C[C@H](N)c1ccccc1OCC. The molecule has 0 fully saturated rings. The summed E-state index contributed by atoms with van der Waals surface area (Å²) in [7, 11) is 0. The third-order valence-corrected chi connectivity index (χ3v) is 1.83. The predicted octanol–water partition coefficient (Wildman–Crippen LogP) is 2.27. The first kappa shape index (κ1) is 9.81. The fourth-order valence-corrected chi connectivity index (χ4v) is 1.17. The molecule has 0 saturated carbocycles. The molecule has 0 spiro atoms. The molecular formula is C11H15NO. The van der Waals surface area contributed by atoms with E-state index in [0.717, 1.165) is 11.3 Å². The van der Waals surface area contributed by atoms with Gasteiger partial charge in [0.05, 0.1) is 12.6 Å². The van der Waals surface area contributed by atoms with Gasteiger partial charge in [-0.05, 0) is 13.0 Å². The van der Waals surface area contributed by atoms with Crippen molar-refractivity contribution in [3.63, 3.8) is 0 Å². The van der Waals surface area contributed by atoms with Crippen LogP contribution in [0.15, 0.2) is 36.9 Å². The molecule has 0 unspecified atom stereocenters. The quantitative estimate of drug-likeness (QED) is 0.716. The van der Waals surface area contributed by atoms with E-state index >= 15 is 0 Å². The number of para-hydroxylation sites is 1. The monoisotopic (exact) mass is 177 g/mol. The molecule has 0 radical (unpaired) electrons. The normalized spacial score (nSPS) is 12.2. The summed E-state index contributed by atoms with van der Waals surface area (Å²) in [5, 5.41) is 0. The summed E-state index contributed by atoms with van der Waals surface area (Å²) < 4.78 is 5.43. The van der Waals surface area contributed by atoms with Gasteiger partial charge in [0.25, 0.3) is 0 Å². The van der Waals surface area contributed by atoms with Crippen molar-refractivity contribution in [1.82, 2.24) is 0 Å². The van der Waals surface area contributed by atoms with Crippen LogP contribution < -0.4 is 10.5 Å². The second-order valence-electron chi connectivity index (χ2n) is 2.73. The summed E-state index contributed by atoms with van der Waals surface area (Å²) in [6.45, 7) is 6.27. The van der Waals surface area contributed by atoms with Crippen LogP contribution in [0.4, 0.5) is 0 Å². The molecule has 2 nitrogen and oxygen atoms in total. The van der Waals surface area contributed by atoms with Gasteiger partial charge >= 0.3 is 0 Å². The molecule has 0 amide bonds. The summed E-state index contributed by atoms with van der Waals surface area (Å²) in [6.07, 6.45) is 1.71. The van der Waals surface area contributed by atoms with E-state index in [1.807, 2.05) is 31.2 Å². The highest BCUT2D eigenvalue weighted by Crippen LogP contribution is 2.23. The van der Waals surface area contributed by atoms with E-state index in [9.17, 15) is 0 Å². The van der Waals surface area contributed by atoms with Gasteiger partial charge in [-0.15, -0.1) is 6.58 Å². The van der Waals surface area contributed by atoms with E-state index in [0.29, 0.717) is 6.61 Å². The topological polar surface area (TPSA) is 35.2 Å². The van der Waals surface area contributed by atoms with Crippen molar-refractivity contribution in [3.05, 3.63) is 42.5 Å². The molecule has 70 valence electrons. The average molecular weight is 177 g/mol. The Morgan fingerprint density at radius 3 is 2.85 bits per heavy atom. The first-order valence-corrected chi connectivity index (χ1v) is 4.39. The molecule has 13 heavy (non-hydrogen) atoms. The summed E-state index contributed by atoms with van der Waals surface area (Å²) in [5.41, 5.74) is 6.81. The number of ether oxygens (including phenoxy) is 1. The lowest BCUT2D eigenvalue weighted by Crippen LogP contribution is -2.08. The maximum atomic E-state index is 5.83. The zero-order valence-corrected chi connectivity index (χ0v) is 7.86. The zero-order valence-electron chi connectivity index (χ0n) is 7.86. The number of hydrogen-bond acceptors (Lipinski definition) is 2. The van der Waals surface area contributed by atoms with E-state index in [2.05, 4.69) is 6.58 Å².